The first kappa shape index (κ1) is 15.3. The Morgan fingerprint density at radius 3 is 3.00 bits per heavy atom. The molecule has 0 spiro atoms. The van der Waals surface area contributed by atoms with Crippen LogP contribution in [0.25, 0.3) is 0 Å². The molecule has 0 saturated carbocycles. The molecule has 2 aromatic heterocycles. The van der Waals surface area contributed by atoms with Crippen molar-refractivity contribution in [3.05, 3.63) is 46.9 Å². The van der Waals surface area contributed by atoms with E-state index in [9.17, 15) is 0 Å². The Morgan fingerprint density at radius 1 is 1.43 bits per heavy atom. The van der Waals surface area contributed by atoms with Gasteiger partial charge >= 0.3 is 0 Å². The van der Waals surface area contributed by atoms with Crippen LogP contribution >= 0.6 is 11.3 Å². The van der Waals surface area contributed by atoms with Crippen molar-refractivity contribution in [2.45, 2.75) is 13.0 Å². The third-order valence-corrected chi connectivity index (χ3v) is 3.90. The second-order valence-electron chi connectivity index (χ2n) is 4.42. The molecule has 0 bridgehead atoms. The summed E-state index contributed by atoms with van der Waals surface area (Å²) < 4.78 is 5.57. The van der Waals surface area contributed by atoms with Crippen LogP contribution in [0.15, 0.2) is 47.0 Å². The van der Waals surface area contributed by atoms with Gasteiger partial charge in [0.1, 0.15) is 12.4 Å². The number of hydrogen-bond acceptors (Lipinski definition) is 4. The van der Waals surface area contributed by atoms with Gasteiger partial charge in [-0.3, -0.25) is 9.98 Å². The highest BCUT2D eigenvalue weighted by atomic mass is 32.1. The molecule has 2 aromatic rings. The fourth-order valence-corrected chi connectivity index (χ4v) is 2.51. The summed E-state index contributed by atoms with van der Waals surface area (Å²) in [6, 6.07) is 8.14. The monoisotopic (exact) mass is 304 g/mol. The molecule has 0 aliphatic carbocycles. The zero-order valence-electron chi connectivity index (χ0n) is 12.2. The highest BCUT2D eigenvalue weighted by Gasteiger charge is 2.07. The summed E-state index contributed by atoms with van der Waals surface area (Å²) in [4.78, 5) is 9.50. The van der Waals surface area contributed by atoms with Crippen LogP contribution < -0.4 is 15.4 Å². The van der Waals surface area contributed by atoms with Crippen molar-refractivity contribution in [2.75, 3.05) is 20.2 Å². The molecule has 1 unspecified atom stereocenters. The van der Waals surface area contributed by atoms with Crippen LogP contribution in [0.2, 0.25) is 0 Å². The topological polar surface area (TPSA) is 58.5 Å². The van der Waals surface area contributed by atoms with Gasteiger partial charge in [0.05, 0.1) is 18.8 Å². The van der Waals surface area contributed by atoms with Crippen LogP contribution in [0.1, 0.15) is 17.8 Å². The van der Waals surface area contributed by atoms with E-state index in [2.05, 4.69) is 45.0 Å². The lowest BCUT2D eigenvalue weighted by Crippen LogP contribution is -2.40. The summed E-state index contributed by atoms with van der Waals surface area (Å²) in [6.07, 6.45) is 3.43. The zero-order valence-corrected chi connectivity index (χ0v) is 13.1. The lowest BCUT2D eigenvalue weighted by Gasteiger charge is -2.17. The number of guanidine groups is 1. The highest BCUT2D eigenvalue weighted by molar-refractivity contribution is 7.10. The molecule has 0 amide bonds. The van der Waals surface area contributed by atoms with E-state index >= 15 is 0 Å². The minimum atomic E-state index is 0.232. The molecule has 0 aromatic carbocycles. The van der Waals surface area contributed by atoms with Gasteiger partial charge in [0, 0.05) is 18.1 Å². The summed E-state index contributed by atoms with van der Waals surface area (Å²) in [7, 11) is 1.76. The Kier molecular flexibility index (Phi) is 6.02. The predicted molar refractivity (Wildman–Crippen MR) is 87.0 cm³/mol. The average Bonchev–Trinajstić information content (AvgIpc) is 3.05. The van der Waals surface area contributed by atoms with E-state index in [-0.39, 0.29) is 6.04 Å². The van der Waals surface area contributed by atoms with Gasteiger partial charge in [-0.1, -0.05) is 6.07 Å². The van der Waals surface area contributed by atoms with Gasteiger partial charge in [-0.2, -0.15) is 0 Å². The Labute approximate surface area is 129 Å². The maximum Gasteiger partial charge on any atom is 0.191 e. The summed E-state index contributed by atoms with van der Waals surface area (Å²) >= 11 is 1.73. The minimum Gasteiger partial charge on any atom is -0.490 e. The molecule has 2 heterocycles. The third-order valence-electron chi connectivity index (χ3n) is 2.84. The number of pyridine rings is 1. The van der Waals surface area contributed by atoms with Gasteiger partial charge in [0.25, 0.3) is 0 Å². The molecule has 6 heteroatoms. The standard InChI is InChI=1S/C15H20N4OS/c1-12(14-6-4-10-21-14)19-15(16-2)18-8-9-20-13-5-3-7-17-11-13/h3-7,10-12H,8-9H2,1-2H3,(H2,16,18,19). The Bertz CT molecular complexity index is 542. The van der Waals surface area contributed by atoms with E-state index < -0.39 is 0 Å². The fraction of sp³-hybridized carbons (Fsp3) is 0.333. The van der Waals surface area contributed by atoms with Crippen molar-refractivity contribution in [3.63, 3.8) is 0 Å². The van der Waals surface area contributed by atoms with E-state index in [1.807, 2.05) is 12.1 Å². The number of hydrogen-bond donors (Lipinski definition) is 2. The second-order valence-corrected chi connectivity index (χ2v) is 5.40. The molecule has 0 aliphatic heterocycles. The average molecular weight is 304 g/mol. The van der Waals surface area contributed by atoms with Crippen LogP contribution in [0.3, 0.4) is 0 Å². The van der Waals surface area contributed by atoms with Gasteiger partial charge < -0.3 is 15.4 Å². The highest BCUT2D eigenvalue weighted by Crippen LogP contribution is 2.17. The summed E-state index contributed by atoms with van der Waals surface area (Å²) in [5.74, 6) is 1.54. The van der Waals surface area contributed by atoms with Crippen molar-refractivity contribution in [3.8, 4) is 5.75 Å². The van der Waals surface area contributed by atoms with Crippen molar-refractivity contribution < 1.29 is 4.74 Å². The first-order valence-electron chi connectivity index (χ1n) is 6.83. The van der Waals surface area contributed by atoms with Crippen LogP contribution in [-0.4, -0.2) is 31.1 Å². The van der Waals surface area contributed by atoms with Crippen LogP contribution in [0.5, 0.6) is 5.75 Å². The van der Waals surface area contributed by atoms with E-state index in [0.717, 1.165) is 11.7 Å². The second kappa shape index (κ2) is 8.26. The van der Waals surface area contributed by atoms with E-state index in [0.29, 0.717) is 13.2 Å². The van der Waals surface area contributed by atoms with Crippen molar-refractivity contribution in [2.24, 2.45) is 4.99 Å². The smallest absolute Gasteiger partial charge is 0.191 e. The van der Waals surface area contributed by atoms with Gasteiger partial charge in [-0.15, -0.1) is 11.3 Å². The van der Waals surface area contributed by atoms with Crippen LogP contribution in [0, 0.1) is 0 Å². The van der Waals surface area contributed by atoms with Gasteiger partial charge in [0.15, 0.2) is 5.96 Å². The molecule has 0 radical (unpaired) electrons. The minimum absolute atomic E-state index is 0.232. The van der Waals surface area contributed by atoms with Gasteiger partial charge in [-0.25, -0.2) is 0 Å². The molecule has 2 N–H and O–H groups in total. The zero-order chi connectivity index (χ0) is 14.9. The molecule has 112 valence electrons. The van der Waals surface area contributed by atoms with Crippen molar-refractivity contribution in [1.82, 2.24) is 15.6 Å². The molecule has 1 atom stereocenters. The summed E-state index contributed by atoms with van der Waals surface area (Å²) in [5, 5.41) is 8.65. The number of thiophene rings is 1. The van der Waals surface area contributed by atoms with E-state index in [1.165, 1.54) is 4.88 Å². The number of nitrogens with one attached hydrogen (secondary N) is 2. The molecule has 0 aliphatic rings. The van der Waals surface area contributed by atoms with E-state index in [4.69, 9.17) is 4.74 Å². The summed E-state index contributed by atoms with van der Waals surface area (Å²) in [5.41, 5.74) is 0. The number of ether oxygens (including phenoxy) is 1. The lowest BCUT2D eigenvalue weighted by atomic mass is 10.3. The molecule has 0 fully saturated rings. The Balaban J connectivity index is 1.71. The third kappa shape index (κ3) is 5.07. The normalized spacial score (nSPS) is 12.8. The molecular weight excluding hydrogens is 284 g/mol. The number of aromatic nitrogens is 1. The predicted octanol–water partition coefficient (Wildman–Crippen LogP) is 2.45. The van der Waals surface area contributed by atoms with Gasteiger partial charge in [-0.05, 0) is 30.5 Å². The molecule has 5 nitrogen and oxygen atoms in total. The largest absolute Gasteiger partial charge is 0.490 e. The number of nitrogens with zero attached hydrogens (tertiary/aromatic N) is 2. The molecule has 2 rings (SSSR count). The maximum atomic E-state index is 5.57. The number of aliphatic imine (C=N–C) groups is 1. The maximum absolute atomic E-state index is 5.57. The van der Waals surface area contributed by atoms with Crippen LogP contribution in [0.4, 0.5) is 0 Å². The first-order chi connectivity index (χ1) is 10.3. The lowest BCUT2D eigenvalue weighted by molar-refractivity contribution is 0.320. The first-order valence-corrected chi connectivity index (χ1v) is 7.71. The Morgan fingerprint density at radius 2 is 2.33 bits per heavy atom. The Hall–Kier alpha value is -2.08. The van der Waals surface area contributed by atoms with Gasteiger partial charge in [0.2, 0.25) is 0 Å². The van der Waals surface area contributed by atoms with Crippen LogP contribution in [-0.2, 0) is 0 Å². The van der Waals surface area contributed by atoms with Crippen molar-refractivity contribution >= 4 is 17.3 Å². The molecule has 21 heavy (non-hydrogen) atoms. The fourth-order valence-electron chi connectivity index (χ4n) is 1.78. The number of rotatable bonds is 6. The summed E-state index contributed by atoms with van der Waals surface area (Å²) in [6.45, 7) is 3.34. The molecular formula is C15H20N4OS. The SMILES string of the molecule is CN=C(NCCOc1cccnc1)NC(C)c1cccs1. The molecule has 0 saturated heterocycles. The quantitative estimate of drug-likeness (QED) is 0.489. The van der Waals surface area contributed by atoms with Crippen molar-refractivity contribution in [1.29, 1.82) is 0 Å². The van der Waals surface area contributed by atoms with E-state index in [1.54, 1.807) is 30.8 Å².